The molecule has 9 heterocycles. The van der Waals surface area contributed by atoms with Crippen molar-refractivity contribution in [3.63, 3.8) is 0 Å². The van der Waals surface area contributed by atoms with Gasteiger partial charge in [-0.2, -0.15) is 0 Å². The minimum absolute atomic E-state index is 0.0604. The van der Waals surface area contributed by atoms with Crippen LogP contribution in [0.25, 0.3) is 65.7 Å². The number of fused-ring (bicyclic) bond motifs is 9. The highest BCUT2D eigenvalue weighted by Crippen LogP contribution is 2.53. The van der Waals surface area contributed by atoms with Crippen molar-refractivity contribution in [2.45, 2.75) is 193 Å². The number of carbonyl (C=O) groups is 6. The number of cyclic esters (lactones) is 3. The third-order valence-electron chi connectivity index (χ3n) is 22.7. The van der Waals surface area contributed by atoms with Crippen molar-refractivity contribution in [1.29, 1.82) is 0 Å². The van der Waals surface area contributed by atoms with Gasteiger partial charge in [0.2, 0.25) is 39.2 Å². The van der Waals surface area contributed by atoms with Gasteiger partial charge in [0, 0.05) is 70.3 Å². The summed E-state index contributed by atoms with van der Waals surface area (Å²) in [6.07, 6.45) is -19.6. The Morgan fingerprint density at radius 1 is 0.317 bits per heavy atom. The molecule has 36 heteroatoms. The minimum Gasteiger partial charge on any atom is -0.461 e. The maximum atomic E-state index is 13.2. The number of hydrogen-bond donors (Lipinski definition) is 12. The molecule has 0 amide bonds. The smallest absolute Gasteiger partial charge is 0.339 e. The summed E-state index contributed by atoms with van der Waals surface area (Å²) in [6, 6.07) is 25.6. The van der Waals surface area contributed by atoms with E-state index in [4.69, 9.17) is 85.3 Å². The predicted octanol–water partition coefficient (Wildman–Crippen LogP) is 5.00. The molecule has 9 aliphatic rings. The second-order valence-corrected chi connectivity index (χ2v) is 30.2. The molecule has 0 bridgehead atoms. The van der Waals surface area contributed by atoms with Crippen LogP contribution in [0, 0.1) is 0 Å². The van der Waals surface area contributed by atoms with Crippen molar-refractivity contribution in [2.75, 3.05) is 20.4 Å². The average Bonchev–Trinajstić information content (AvgIpc) is 1.68. The van der Waals surface area contributed by atoms with E-state index >= 15 is 0 Å². The molecule has 15 atom stereocenters. The van der Waals surface area contributed by atoms with Crippen LogP contribution in [0.2, 0.25) is 0 Å². The molecule has 9 aliphatic heterocycles. The van der Waals surface area contributed by atoms with Crippen molar-refractivity contribution < 1.29 is 175 Å². The van der Waals surface area contributed by atoms with Crippen molar-refractivity contribution in [3.8, 4) is 85.1 Å². The van der Waals surface area contributed by atoms with Gasteiger partial charge in [-0.25, -0.2) is 14.4 Å². The van der Waals surface area contributed by atoms with E-state index in [9.17, 15) is 90.0 Å². The van der Waals surface area contributed by atoms with E-state index in [2.05, 4.69) is 0 Å². The van der Waals surface area contributed by atoms with Gasteiger partial charge < -0.3 is 147 Å². The number of carbonyl (C=O) groups excluding carboxylic acids is 6. The van der Waals surface area contributed by atoms with Crippen LogP contribution in [-0.2, 0) is 116 Å². The van der Waals surface area contributed by atoms with Gasteiger partial charge in [0.1, 0.15) is 67.6 Å². The summed E-state index contributed by atoms with van der Waals surface area (Å²) in [4.78, 5) is 74.6. The molecule has 3 saturated heterocycles. The molecule has 3 fully saturated rings. The number of aliphatic hydroxyl groups excluding tert-OH is 12. The van der Waals surface area contributed by atoms with E-state index < -0.39 is 141 Å². The lowest BCUT2D eigenvalue weighted by atomic mass is 9.87. The van der Waals surface area contributed by atoms with Gasteiger partial charge in [-0.05, 0) is 160 Å². The molecule has 3 unspecified atom stereocenters. The van der Waals surface area contributed by atoms with Crippen LogP contribution in [-0.4, -0.2) is 210 Å². The number of rotatable bonds is 18. The zero-order valence-corrected chi connectivity index (χ0v) is 66.5. The fourth-order valence-corrected chi connectivity index (χ4v) is 16.6. The molecule has 0 aromatic heterocycles. The third kappa shape index (κ3) is 15.5. The highest BCUT2D eigenvalue weighted by Gasteiger charge is 2.51. The molecular weight excluding hydrogens is 1620 g/mol. The number of hydrogen-bond acceptors (Lipinski definition) is 36. The van der Waals surface area contributed by atoms with Crippen molar-refractivity contribution in [1.82, 2.24) is 0 Å². The molecule has 648 valence electrons. The lowest BCUT2D eigenvalue weighted by Crippen LogP contribution is -2.59. The van der Waals surface area contributed by atoms with Gasteiger partial charge in [0.25, 0.3) is 0 Å². The van der Waals surface area contributed by atoms with E-state index in [1.165, 1.54) is 13.8 Å². The van der Waals surface area contributed by atoms with Crippen molar-refractivity contribution in [2.24, 2.45) is 0 Å². The molecule has 18 rings (SSSR count). The summed E-state index contributed by atoms with van der Waals surface area (Å²) >= 11 is 0. The molecule has 0 spiro atoms. The van der Waals surface area contributed by atoms with Gasteiger partial charge >= 0.3 is 35.8 Å². The highest BCUT2D eigenvalue weighted by molar-refractivity contribution is 6.16. The molecule has 0 radical (unpaired) electrons. The standard InChI is InChI=1S/3C29H28O12/c1-12-26(40-13(2)32)24(33)25(34)29(39-12)41-27-18-6-16(9-31)15(8-30)5-17(18)22(23-19(27)10-36-28(23)35)14-3-4-20-21(7-14)38-11-37-20;1-12-24(33)27(40-13(2)32)25(34)29(39-12)41-26-18-6-16(9-31)15(8-30)5-17(18)22(23-19(26)10-36-28(23)35)14-3-4-20-21(7-14)38-11-37-20;1-12-24(33)25(34)27(40-13(2)32)29(39-12)41-26-18-6-16(9-31)15(8-30)5-17(18)22(23-19(26)10-36-28(23)35)14-3-4-20-21(7-14)38-11-37-20/h3-7,12,24-26,29-31,33-34H,8-11H2,1-2H3;2*3-7,12,24-25,27,29-31,33-34H,8-11H2,1-2H3/t12-,24-,25-,26-,29?;12-,24-,25-,27+,29?;12-,24-,25+,27-,29?/m111/s1. The Bertz CT molecular complexity index is 5740. The predicted molar refractivity (Wildman–Crippen MR) is 417 cm³/mol. The van der Waals surface area contributed by atoms with E-state index in [1.54, 1.807) is 105 Å². The summed E-state index contributed by atoms with van der Waals surface area (Å²) in [5.41, 5.74) is 7.60. The average molecular weight is 1710 g/mol. The molecule has 9 aromatic rings. The summed E-state index contributed by atoms with van der Waals surface area (Å²) in [5, 5.41) is 127. The van der Waals surface area contributed by atoms with Crippen LogP contribution in [0.15, 0.2) is 91.0 Å². The summed E-state index contributed by atoms with van der Waals surface area (Å²) in [5.74, 6) is -0.346. The SMILES string of the molecule is CC(=O)O[C@H]1C(Oc2c3c(c(-c4ccc5c(c4)OCO5)c4cc(CO)c(CO)cc24)C(=O)OC3)O[C@H](C)[C@@H](O)[C@@H]1O.CC(=O)O[C@H]1[C@H](O)[C@@H](C)OC(Oc2c3c(c(-c4ccc5c(c4)OCO5)c4cc(CO)c(CO)cc24)C(=O)OC3)[C@@H]1O.CC(=O)O[C@H]1[C@H](O)[C@@H](O)C(Oc2c3c(c(-c4ccc5c(c4)OCO5)c4cc(CO)c(CO)cc24)C(=O)OC3)O[C@@H]1C. The Balaban J connectivity index is 0.000000137. The van der Waals surface area contributed by atoms with Gasteiger partial charge in [-0.3, -0.25) is 14.4 Å². The van der Waals surface area contributed by atoms with Crippen LogP contribution in [0.4, 0.5) is 0 Å². The number of benzene rings is 9. The van der Waals surface area contributed by atoms with E-state index in [1.807, 2.05) is 0 Å². The minimum atomic E-state index is -1.62. The monoisotopic (exact) mass is 1700 g/mol. The van der Waals surface area contributed by atoms with Gasteiger partial charge in [0.05, 0.1) is 74.6 Å². The first kappa shape index (κ1) is 84.8. The molecule has 0 aliphatic carbocycles. The van der Waals surface area contributed by atoms with Crippen molar-refractivity contribution >= 4 is 68.1 Å². The molecule has 0 saturated carbocycles. The molecule has 12 N–H and O–H groups in total. The first-order valence-electron chi connectivity index (χ1n) is 39.0. The quantitative estimate of drug-likeness (QED) is 0.0397. The van der Waals surface area contributed by atoms with Gasteiger partial charge in [-0.15, -0.1) is 0 Å². The Morgan fingerprint density at radius 2 is 0.610 bits per heavy atom. The van der Waals surface area contributed by atoms with Gasteiger partial charge in [0.15, 0.2) is 58.9 Å². The molecule has 9 aromatic carbocycles. The second-order valence-electron chi connectivity index (χ2n) is 30.2. The lowest BCUT2D eigenvalue weighted by Gasteiger charge is -2.40. The molecule has 123 heavy (non-hydrogen) atoms. The summed E-state index contributed by atoms with van der Waals surface area (Å²) < 4.78 is 101. The number of aliphatic hydroxyl groups is 12. The first-order valence-corrected chi connectivity index (χ1v) is 39.0. The van der Waals surface area contributed by atoms with Crippen LogP contribution >= 0.6 is 0 Å². The summed E-state index contributed by atoms with van der Waals surface area (Å²) in [7, 11) is 0. The third-order valence-corrected chi connectivity index (χ3v) is 22.7. The summed E-state index contributed by atoms with van der Waals surface area (Å²) in [6.45, 7) is 5.54. The van der Waals surface area contributed by atoms with Gasteiger partial charge in [-0.1, -0.05) is 18.2 Å². The number of ether oxygens (including phenoxy) is 18. The van der Waals surface area contributed by atoms with Crippen LogP contribution in [0.5, 0.6) is 51.7 Å². The molecule has 36 nitrogen and oxygen atoms in total. The van der Waals surface area contributed by atoms with Crippen LogP contribution in [0.1, 0.15) is 123 Å². The highest BCUT2D eigenvalue weighted by atomic mass is 16.7. The first-order chi connectivity index (χ1) is 59.1. The lowest BCUT2D eigenvalue weighted by molar-refractivity contribution is -0.273. The van der Waals surface area contributed by atoms with Crippen molar-refractivity contribution in [3.05, 3.63) is 158 Å². The zero-order valence-electron chi connectivity index (χ0n) is 66.5. The molecular formula is C87H84O36. The normalized spacial score (nSPS) is 24.7. The fourth-order valence-electron chi connectivity index (χ4n) is 16.6. The Morgan fingerprint density at radius 3 is 0.967 bits per heavy atom. The van der Waals surface area contributed by atoms with E-state index in [0.29, 0.717) is 150 Å². The second kappa shape index (κ2) is 34.5. The number of esters is 6. The van der Waals surface area contributed by atoms with Crippen LogP contribution < -0.4 is 42.6 Å². The maximum absolute atomic E-state index is 13.2. The topological polar surface area (TPSA) is 511 Å². The Kier molecular flexibility index (Phi) is 23.8. The largest absolute Gasteiger partial charge is 0.461 e. The maximum Gasteiger partial charge on any atom is 0.339 e. The van der Waals surface area contributed by atoms with Crippen LogP contribution in [0.3, 0.4) is 0 Å². The van der Waals surface area contributed by atoms with E-state index in [-0.39, 0.29) is 101 Å². The van der Waals surface area contributed by atoms with E-state index in [0.717, 1.165) is 13.8 Å². The Labute approximate surface area is 696 Å². The zero-order chi connectivity index (χ0) is 87.0. The Hall–Kier alpha value is -11.8. The fraction of sp³-hybridized carbons (Fsp3) is 0.379.